The van der Waals surface area contributed by atoms with Crippen LogP contribution in [0.5, 0.6) is 0 Å². The zero-order chi connectivity index (χ0) is 22.2. The van der Waals surface area contributed by atoms with E-state index in [2.05, 4.69) is 48.4 Å². The first-order valence-electron chi connectivity index (χ1n) is 10.7. The highest BCUT2D eigenvalue weighted by Crippen LogP contribution is 2.33. The predicted octanol–water partition coefficient (Wildman–Crippen LogP) is 4.35. The van der Waals surface area contributed by atoms with E-state index in [1.807, 2.05) is 12.1 Å². The van der Waals surface area contributed by atoms with Crippen LogP contribution in [-0.4, -0.2) is 21.7 Å². The molecule has 1 atom stereocenters. The standard InChI is InChI=1S/C24H28N4O2S/c1-15(21(29)27-26-13-16-9-11-17(12-10-16)24(2,3)4)28-14-25-22-20(23(28)30)18-7-5-6-8-19(18)31-22/h9-15H,5-8H2,1-4H3,(H,27,29)/b26-13+/t15-/m1/s1. The van der Waals surface area contributed by atoms with Crippen molar-refractivity contribution in [2.24, 2.45) is 5.10 Å². The summed E-state index contributed by atoms with van der Waals surface area (Å²) in [6, 6.07) is 7.37. The van der Waals surface area contributed by atoms with Crippen LogP contribution in [0, 0.1) is 0 Å². The van der Waals surface area contributed by atoms with Crippen LogP contribution in [0.25, 0.3) is 10.2 Å². The highest BCUT2D eigenvalue weighted by atomic mass is 32.1. The van der Waals surface area contributed by atoms with Crippen LogP contribution >= 0.6 is 11.3 Å². The van der Waals surface area contributed by atoms with E-state index in [-0.39, 0.29) is 16.9 Å². The maximum Gasteiger partial charge on any atom is 0.263 e. The fraction of sp³-hybridized carbons (Fsp3) is 0.417. The number of rotatable bonds is 4. The minimum atomic E-state index is -0.705. The van der Waals surface area contributed by atoms with Crippen molar-refractivity contribution in [3.63, 3.8) is 0 Å². The van der Waals surface area contributed by atoms with Crippen molar-refractivity contribution < 1.29 is 4.79 Å². The largest absolute Gasteiger partial charge is 0.286 e. The number of nitrogens with zero attached hydrogens (tertiary/aromatic N) is 3. The molecule has 1 aromatic carbocycles. The predicted molar refractivity (Wildman–Crippen MR) is 126 cm³/mol. The quantitative estimate of drug-likeness (QED) is 0.488. The van der Waals surface area contributed by atoms with Crippen molar-refractivity contribution in [3.8, 4) is 0 Å². The minimum absolute atomic E-state index is 0.0867. The van der Waals surface area contributed by atoms with Crippen molar-refractivity contribution in [2.75, 3.05) is 0 Å². The number of aryl methyl sites for hydroxylation is 2. The summed E-state index contributed by atoms with van der Waals surface area (Å²) in [5, 5.41) is 4.76. The normalized spacial score (nSPS) is 15.2. The van der Waals surface area contributed by atoms with Crippen LogP contribution in [0.2, 0.25) is 0 Å². The molecule has 4 rings (SSSR count). The Balaban J connectivity index is 1.49. The lowest BCUT2D eigenvalue weighted by atomic mass is 9.87. The molecule has 1 aliphatic carbocycles. The van der Waals surface area contributed by atoms with Gasteiger partial charge in [-0.1, -0.05) is 45.0 Å². The van der Waals surface area contributed by atoms with Crippen molar-refractivity contribution in [1.29, 1.82) is 0 Å². The topological polar surface area (TPSA) is 76.3 Å². The molecule has 2 aromatic heterocycles. The van der Waals surface area contributed by atoms with Gasteiger partial charge in [0.05, 0.1) is 17.9 Å². The van der Waals surface area contributed by atoms with E-state index in [4.69, 9.17) is 0 Å². The number of hydrogen-bond donors (Lipinski definition) is 1. The van der Waals surface area contributed by atoms with Gasteiger partial charge in [0.1, 0.15) is 10.9 Å². The second-order valence-corrected chi connectivity index (χ2v) is 10.2. The number of fused-ring (bicyclic) bond motifs is 3. The van der Waals surface area contributed by atoms with Gasteiger partial charge in [0, 0.05) is 4.88 Å². The zero-order valence-corrected chi connectivity index (χ0v) is 19.3. The number of carbonyl (C=O) groups excluding carboxylic acids is 1. The van der Waals surface area contributed by atoms with Crippen LogP contribution < -0.4 is 11.0 Å². The van der Waals surface area contributed by atoms with Gasteiger partial charge in [0.25, 0.3) is 11.5 Å². The van der Waals surface area contributed by atoms with Gasteiger partial charge in [-0.3, -0.25) is 14.2 Å². The Hall–Kier alpha value is -2.80. The van der Waals surface area contributed by atoms with Crippen LogP contribution in [0.1, 0.15) is 68.1 Å². The minimum Gasteiger partial charge on any atom is -0.286 e. The molecule has 3 aromatic rings. The summed E-state index contributed by atoms with van der Waals surface area (Å²) in [6.45, 7) is 8.18. The zero-order valence-electron chi connectivity index (χ0n) is 18.4. The van der Waals surface area contributed by atoms with E-state index >= 15 is 0 Å². The second kappa shape index (κ2) is 8.38. The van der Waals surface area contributed by atoms with Crippen LogP contribution in [0.3, 0.4) is 0 Å². The molecule has 0 aliphatic heterocycles. The molecule has 0 unspecified atom stereocenters. The molecule has 2 heterocycles. The first kappa shape index (κ1) is 21.4. The Morgan fingerprint density at radius 1 is 1.23 bits per heavy atom. The van der Waals surface area contributed by atoms with Crippen LogP contribution in [-0.2, 0) is 23.1 Å². The number of thiophene rings is 1. The fourth-order valence-electron chi connectivity index (χ4n) is 3.89. The third-order valence-electron chi connectivity index (χ3n) is 5.86. The van der Waals surface area contributed by atoms with E-state index in [0.717, 1.165) is 41.6 Å². The molecular weight excluding hydrogens is 408 g/mol. The van der Waals surface area contributed by atoms with Gasteiger partial charge >= 0.3 is 0 Å². The SMILES string of the molecule is C[C@H](C(=O)N/N=C/c1ccc(C(C)(C)C)cc1)n1cnc2sc3c(c2c1=O)CCCC3. The van der Waals surface area contributed by atoms with Gasteiger partial charge in [-0.05, 0) is 54.7 Å². The first-order valence-corrected chi connectivity index (χ1v) is 11.5. The molecule has 6 nitrogen and oxygen atoms in total. The second-order valence-electron chi connectivity index (χ2n) is 9.13. The molecule has 1 aliphatic rings. The Morgan fingerprint density at radius 2 is 1.94 bits per heavy atom. The van der Waals surface area contributed by atoms with E-state index in [9.17, 15) is 9.59 Å². The van der Waals surface area contributed by atoms with E-state index in [1.54, 1.807) is 24.5 Å². The van der Waals surface area contributed by atoms with Crippen LogP contribution in [0.4, 0.5) is 0 Å². The Kier molecular flexibility index (Phi) is 5.79. The van der Waals surface area contributed by atoms with Crippen molar-refractivity contribution in [1.82, 2.24) is 15.0 Å². The molecule has 31 heavy (non-hydrogen) atoms. The summed E-state index contributed by atoms with van der Waals surface area (Å²) in [5.74, 6) is -0.352. The number of aromatic nitrogens is 2. The molecule has 0 radical (unpaired) electrons. The highest BCUT2D eigenvalue weighted by molar-refractivity contribution is 7.18. The fourth-order valence-corrected chi connectivity index (χ4v) is 5.11. The molecule has 0 spiro atoms. The maximum absolute atomic E-state index is 13.1. The monoisotopic (exact) mass is 436 g/mol. The number of benzene rings is 1. The Labute approximate surface area is 186 Å². The third kappa shape index (κ3) is 4.32. The van der Waals surface area contributed by atoms with Crippen molar-refractivity contribution in [3.05, 3.63) is 62.5 Å². The summed E-state index contributed by atoms with van der Waals surface area (Å²) in [6.07, 6.45) is 7.26. The van der Waals surface area contributed by atoms with Gasteiger partial charge < -0.3 is 0 Å². The molecular formula is C24H28N4O2S. The average Bonchev–Trinajstić information content (AvgIpc) is 3.12. The van der Waals surface area contributed by atoms with E-state index in [0.29, 0.717) is 5.39 Å². The average molecular weight is 437 g/mol. The van der Waals surface area contributed by atoms with Gasteiger partial charge in [-0.15, -0.1) is 11.3 Å². The number of nitrogens with one attached hydrogen (secondary N) is 1. The van der Waals surface area contributed by atoms with Gasteiger partial charge in [-0.25, -0.2) is 10.4 Å². The Morgan fingerprint density at radius 3 is 2.65 bits per heavy atom. The summed E-state index contributed by atoms with van der Waals surface area (Å²) in [4.78, 5) is 32.3. The molecule has 162 valence electrons. The summed E-state index contributed by atoms with van der Waals surface area (Å²) < 4.78 is 1.41. The molecule has 7 heteroatoms. The van der Waals surface area contributed by atoms with Crippen LogP contribution in [0.15, 0.2) is 40.5 Å². The first-order chi connectivity index (χ1) is 14.8. The number of hydrogen-bond acceptors (Lipinski definition) is 5. The molecule has 1 N–H and O–H groups in total. The van der Waals surface area contributed by atoms with E-state index < -0.39 is 6.04 Å². The van der Waals surface area contributed by atoms with Crippen molar-refractivity contribution >= 4 is 33.7 Å². The Bertz CT molecular complexity index is 1200. The molecule has 1 amide bonds. The van der Waals surface area contributed by atoms with Gasteiger partial charge in [0.2, 0.25) is 0 Å². The summed E-state index contributed by atoms with van der Waals surface area (Å²) in [7, 11) is 0. The van der Waals surface area contributed by atoms with Crippen molar-refractivity contribution in [2.45, 2.75) is 64.8 Å². The molecule has 0 bridgehead atoms. The summed E-state index contributed by atoms with van der Waals surface area (Å²) in [5.41, 5.74) is 5.75. The third-order valence-corrected chi connectivity index (χ3v) is 7.06. The molecule has 0 saturated heterocycles. The molecule has 0 fully saturated rings. The smallest absolute Gasteiger partial charge is 0.263 e. The lowest BCUT2D eigenvalue weighted by Gasteiger charge is -2.18. The lowest BCUT2D eigenvalue weighted by molar-refractivity contribution is -0.123. The maximum atomic E-state index is 13.1. The van der Waals surface area contributed by atoms with Gasteiger partial charge in [-0.2, -0.15) is 5.10 Å². The van der Waals surface area contributed by atoms with Gasteiger partial charge in [0.15, 0.2) is 0 Å². The highest BCUT2D eigenvalue weighted by Gasteiger charge is 2.23. The number of hydrazone groups is 1. The number of carbonyl (C=O) groups is 1. The lowest BCUT2D eigenvalue weighted by Crippen LogP contribution is -2.34. The number of amides is 1. The summed E-state index contributed by atoms with van der Waals surface area (Å²) >= 11 is 1.61. The molecule has 0 saturated carbocycles. The van der Waals surface area contributed by atoms with E-state index in [1.165, 1.54) is 21.3 Å².